The summed E-state index contributed by atoms with van der Waals surface area (Å²) in [6.07, 6.45) is 1.47. The van der Waals surface area contributed by atoms with Gasteiger partial charge in [0.2, 0.25) is 0 Å². The van der Waals surface area contributed by atoms with Crippen molar-refractivity contribution < 1.29 is 9.59 Å². The molecule has 5 nitrogen and oxygen atoms in total. The molecule has 7 heteroatoms. The minimum Gasteiger partial charge on any atom is -0.322 e. The Labute approximate surface area is 172 Å². The first-order valence-corrected chi connectivity index (χ1v) is 9.04. The number of nitrogens with zero attached hydrogens (tertiary/aromatic N) is 1. The third kappa shape index (κ3) is 4.97. The third-order valence-electron chi connectivity index (χ3n) is 3.76. The number of benzene rings is 3. The van der Waals surface area contributed by atoms with Crippen LogP contribution in [0.2, 0.25) is 10.0 Å². The molecule has 2 amide bonds. The van der Waals surface area contributed by atoms with Gasteiger partial charge in [-0.25, -0.2) is 5.43 Å². The predicted octanol–water partition coefficient (Wildman–Crippen LogP) is 5.01. The lowest BCUT2D eigenvalue weighted by Gasteiger charge is -2.07. The normalized spacial score (nSPS) is 10.6. The fourth-order valence-electron chi connectivity index (χ4n) is 2.41. The summed E-state index contributed by atoms with van der Waals surface area (Å²) < 4.78 is 0. The lowest BCUT2D eigenvalue weighted by Crippen LogP contribution is -2.18. The van der Waals surface area contributed by atoms with Gasteiger partial charge in [0.05, 0.1) is 27.4 Å². The zero-order chi connectivity index (χ0) is 19.9. The Balaban J connectivity index is 1.66. The van der Waals surface area contributed by atoms with E-state index in [2.05, 4.69) is 15.8 Å². The molecule has 3 aromatic rings. The molecule has 0 bridgehead atoms. The van der Waals surface area contributed by atoms with Crippen LogP contribution < -0.4 is 10.7 Å². The molecule has 0 fully saturated rings. The van der Waals surface area contributed by atoms with Crippen molar-refractivity contribution in [3.05, 3.63) is 99.5 Å². The Morgan fingerprint density at radius 2 is 1.39 bits per heavy atom. The van der Waals surface area contributed by atoms with Crippen molar-refractivity contribution >= 4 is 46.9 Å². The van der Waals surface area contributed by atoms with Crippen molar-refractivity contribution in [2.75, 3.05) is 5.32 Å². The quantitative estimate of drug-likeness (QED) is 0.457. The Bertz CT molecular complexity index is 1050. The summed E-state index contributed by atoms with van der Waals surface area (Å²) in [7, 11) is 0. The maximum Gasteiger partial charge on any atom is 0.272 e. The van der Waals surface area contributed by atoms with Gasteiger partial charge in [-0.1, -0.05) is 59.6 Å². The molecule has 0 radical (unpaired) electrons. The average Bonchev–Trinajstić information content (AvgIpc) is 2.69. The molecule has 0 saturated carbocycles. The summed E-state index contributed by atoms with van der Waals surface area (Å²) >= 11 is 12.0. The van der Waals surface area contributed by atoms with E-state index in [1.807, 2.05) is 0 Å². The topological polar surface area (TPSA) is 70.6 Å². The van der Waals surface area contributed by atoms with E-state index >= 15 is 0 Å². The molecular formula is C21H15Cl2N3O2. The SMILES string of the molecule is O=C(N/N=C/c1cccc(NC(=O)c2ccccc2Cl)c1)c1ccccc1Cl. The van der Waals surface area contributed by atoms with Gasteiger partial charge in [-0.2, -0.15) is 5.10 Å². The zero-order valence-corrected chi connectivity index (χ0v) is 16.0. The van der Waals surface area contributed by atoms with E-state index in [0.29, 0.717) is 32.4 Å². The fraction of sp³-hybridized carbons (Fsp3) is 0. The average molecular weight is 412 g/mol. The molecule has 0 heterocycles. The van der Waals surface area contributed by atoms with Gasteiger partial charge in [-0.15, -0.1) is 0 Å². The van der Waals surface area contributed by atoms with Gasteiger partial charge in [-0.3, -0.25) is 9.59 Å². The zero-order valence-electron chi connectivity index (χ0n) is 14.5. The molecule has 0 unspecified atom stereocenters. The maximum absolute atomic E-state index is 12.3. The van der Waals surface area contributed by atoms with Crippen LogP contribution in [0.1, 0.15) is 26.3 Å². The molecule has 0 saturated heterocycles. The number of rotatable bonds is 5. The number of hydrogen-bond donors (Lipinski definition) is 2. The van der Waals surface area contributed by atoms with E-state index in [4.69, 9.17) is 23.2 Å². The Morgan fingerprint density at radius 1 is 0.786 bits per heavy atom. The first-order valence-electron chi connectivity index (χ1n) is 8.28. The highest BCUT2D eigenvalue weighted by Gasteiger charge is 2.10. The molecule has 0 aliphatic carbocycles. The van der Waals surface area contributed by atoms with Crippen LogP contribution in [-0.4, -0.2) is 18.0 Å². The standard InChI is InChI=1S/C21H15Cl2N3O2/c22-18-10-3-1-8-16(18)20(27)25-15-7-5-6-14(12-15)13-24-26-21(28)17-9-2-4-11-19(17)23/h1-13H,(H,25,27)(H,26,28)/b24-13+. The van der Waals surface area contributed by atoms with Gasteiger partial charge in [-0.05, 0) is 42.0 Å². The van der Waals surface area contributed by atoms with Crippen molar-refractivity contribution in [1.29, 1.82) is 0 Å². The van der Waals surface area contributed by atoms with Gasteiger partial charge in [0.25, 0.3) is 11.8 Å². The van der Waals surface area contributed by atoms with Crippen LogP contribution in [0.15, 0.2) is 77.9 Å². The second-order valence-corrected chi connectivity index (χ2v) is 6.55. The lowest BCUT2D eigenvalue weighted by atomic mass is 10.2. The van der Waals surface area contributed by atoms with Crippen molar-refractivity contribution in [2.24, 2.45) is 5.10 Å². The number of carbonyl (C=O) groups excluding carboxylic acids is 2. The minimum atomic E-state index is -0.412. The van der Waals surface area contributed by atoms with Crippen LogP contribution in [-0.2, 0) is 0 Å². The second-order valence-electron chi connectivity index (χ2n) is 5.74. The number of halogens is 2. The number of nitrogens with one attached hydrogen (secondary N) is 2. The third-order valence-corrected chi connectivity index (χ3v) is 4.42. The van der Waals surface area contributed by atoms with Crippen molar-refractivity contribution in [3.8, 4) is 0 Å². The van der Waals surface area contributed by atoms with Gasteiger partial charge in [0.1, 0.15) is 0 Å². The van der Waals surface area contributed by atoms with Crippen molar-refractivity contribution in [3.63, 3.8) is 0 Å². The van der Waals surface area contributed by atoms with Crippen LogP contribution in [0.25, 0.3) is 0 Å². The molecule has 0 aliphatic rings. The Morgan fingerprint density at radius 3 is 2.04 bits per heavy atom. The van der Waals surface area contributed by atoms with E-state index in [1.165, 1.54) is 6.21 Å². The predicted molar refractivity (Wildman–Crippen MR) is 112 cm³/mol. The Kier molecular flexibility index (Phi) is 6.42. The van der Waals surface area contributed by atoms with Crippen LogP contribution in [0.4, 0.5) is 5.69 Å². The highest BCUT2D eigenvalue weighted by molar-refractivity contribution is 6.34. The molecule has 28 heavy (non-hydrogen) atoms. The molecule has 140 valence electrons. The van der Waals surface area contributed by atoms with Crippen molar-refractivity contribution in [2.45, 2.75) is 0 Å². The molecule has 0 spiro atoms. The lowest BCUT2D eigenvalue weighted by molar-refractivity contribution is 0.0954. The molecule has 3 rings (SSSR count). The highest BCUT2D eigenvalue weighted by Crippen LogP contribution is 2.18. The summed E-state index contributed by atoms with van der Waals surface area (Å²) in [6, 6.07) is 20.5. The van der Waals surface area contributed by atoms with Crippen LogP contribution in [0.3, 0.4) is 0 Å². The van der Waals surface area contributed by atoms with E-state index in [0.717, 1.165) is 0 Å². The first-order chi connectivity index (χ1) is 13.5. The summed E-state index contributed by atoms with van der Waals surface area (Å²) in [5.74, 6) is -0.725. The van der Waals surface area contributed by atoms with Gasteiger partial charge in [0.15, 0.2) is 0 Å². The highest BCUT2D eigenvalue weighted by atomic mass is 35.5. The van der Waals surface area contributed by atoms with E-state index < -0.39 is 5.91 Å². The molecular weight excluding hydrogens is 397 g/mol. The summed E-state index contributed by atoms with van der Waals surface area (Å²) in [5, 5.41) is 7.44. The van der Waals surface area contributed by atoms with Crippen LogP contribution in [0, 0.1) is 0 Å². The summed E-state index contributed by atoms with van der Waals surface area (Å²) in [4.78, 5) is 24.4. The number of anilines is 1. The summed E-state index contributed by atoms with van der Waals surface area (Å²) in [5.41, 5.74) is 4.41. The Hall–Kier alpha value is -3.15. The molecule has 3 aromatic carbocycles. The van der Waals surface area contributed by atoms with Crippen molar-refractivity contribution in [1.82, 2.24) is 5.43 Å². The van der Waals surface area contributed by atoms with E-state index in [1.54, 1.807) is 72.8 Å². The van der Waals surface area contributed by atoms with Gasteiger partial charge >= 0.3 is 0 Å². The number of carbonyl (C=O) groups is 2. The van der Waals surface area contributed by atoms with E-state index in [-0.39, 0.29) is 5.91 Å². The minimum absolute atomic E-state index is 0.313. The first kappa shape index (κ1) is 19.6. The molecule has 0 aromatic heterocycles. The largest absolute Gasteiger partial charge is 0.322 e. The van der Waals surface area contributed by atoms with Crippen LogP contribution >= 0.6 is 23.2 Å². The van der Waals surface area contributed by atoms with E-state index in [9.17, 15) is 9.59 Å². The molecule has 0 aliphatic heterocycles. The maximum atomic E-state index is 12.3. The van der Waals surface area contributed by atoms with Gasteiger partial charge in [0, 0.05) is 5.69 Å². The number of hydrazone groups is 1. The molecule has 2 N–H and O–H groups in total. The number of hydrogen-bond acceptors (Lipinski definition) is 3. The molecule has 0 atom stereocenters. The smallest absolute Gasteiger partial charge is 0.272 e. The number of amides is 2. The summed E-state index contributed by atoms with van der Waals surface area (Å²) in [6.45, 7) is 0. The fourth-order valence-corrected chi connectivity index (χ4v) is 2.85. The monoisotopic (exact) mass is 411 g/mol. The van der Waals surface area contributed by atoms with Gasteiger partial charge < -0.3 is 5.32 Å². The van der Waals surface area contributed by atoms with Crippen LogP contribution in [0.5, 0.6) is 0 Å². The second kappa shape index (κ2) is 9.17.